The van der Waals surface area contributed by atoms with Crippen LogP contribution in [0.2, 0.25) is 0 Å². The Morgan fingerprint density at radius 1 is 1.10 bits per heavy atom. The van der Waals surface area contributed by atoms with Crippen molar-refractivity contribution in [2.24, 2.45) is 7.05 Å². The van der Waals surface area contributed by atoms with Crippen LogP contribution in [0.4, 0.5) is 10.2 Å². The van der Waals surface area contributed by atoms with Gasteiger partial charge in [0.1, 0.15) is 17.3 Å². The first kappa shape index (κ1) is 13.3. The number of pyridine rings is 1. The molecule has 0 saturated heterocycles. The fraction of sp³-hybridized carbons (Fsp3) is 0.125. The molecule has 0 saturated carbocycles. The molecule has 0 atom stereocenters. The highest BCUT2D eigenvalue weighted by Gasteiger charge is 2.17. The molecule has 2 aromatic heterocycles. The molecular formula is C16H15FN4. The first-order valence-electron chi connectivity index (χ1n) is 6.57. The van der Waals surface area contributed by atoms with Crippen LogP contribution in [0.15, 0.2) is 42.6 Å². The molecule has 0 aliphatic carbocycles. The minimum Gasteiger partial charge on any atom is -0.383 e. The van der Waals surface area contributed by atoms with Crippen molar-refractivity contribution in [2.75, 3.05) is 5.73 Å². The summed E-state index contributed by atoms with van der Waals surface area (Å²) in [5.41, 5.74) is 10.4. The predicted molar refractivity (Wildman–Crippen MR) is 81.0 cm³/mol. The Kier molecular flexibility index (Phi) is 3.17. The van der Waals surface area contributed by atoms with Crippen LogP contribution in [0.1, 0.15) is 5.69 Å². The van der Waals surface area contributed by atoms with Crippen molar-refractivity contribution in [3.05, 3.63) is 54.1 Å². The van der Waals surface area contributed by atoms with E-state index in [1.165, 1.54) is 12.1 Å². The Bertz CT molecular complexity index is 791. The fourth-order valence-electron chi connectivity index (χ4n) is 2.33. The lowest BCUT2D eigenvalue weighted by atomic mass is 10.0. The normalized spacial score (nSPS) is 10.8. The molecule has 0 aliphatic heterocycles. The van der Waals surface area contributed by atoms with E-state index in [4.69, 9.17) is 5.73 Å². The van der Waals surface area contributed by atoms with Crippen LogP contribution in [0.5, 0.6) is 0 Å². The van der Waals surface area contributed by atoms with Crippen molar-refractivity contribution in [2.45, 2.75) is 6.92 Å². The monoisotopic (exact) mass is 282 g/mol. The summed E-state index contributed by atoms with van der Waals surface area (Å²) in [6, 6.07) is 10.1. The highest BCUT2D eigenvalue weighted by atomic mass is 19.1. The summed E-state index contributed by atoms with van der Waals surface area (Å²) in [5, 5.41) is 4.49. The average Bonchev–Trinajstić information content (AvgIpc) is 2.76. The van der Waals surface area contributed by atoms with E-state index in [0.717, 1.165) is 28.1 Å². The van der Waals surface area contributed by atoms with Gasteiger partial charge in [0.05, 0.1) is 5.56 Å². The summed E-state index contributed by atoms with van der Waals surface area (Å²) in [5.74, 6) is 0.272. The van der Waals surface area contributed by atoms with Crippen molar-refractivity contribution >= 4 is 5.82 Å². The number of hydrogen-bond acceptors (Lipinski definition) is 3. The van der Waals surface area contributed by atoms with E-state index in [-0.39, 0.29) is 5.82 Å². The average molecular weight is 282 g/mol. The van der Waals surface area contributed by atoms with Crippen LogP contribution < -0.4 is 5.73 Å². The molecule has 0 spiro atoms. The van der Waals surface area contributed by atoms with Crippen LogP contribution in [0.25, 0.3) is 22.4 Å². The van der Waals surface area contributed by atoms with E-state index in [1.54, 1.807) is 30.1 Å². The third-order valence-corrected chi connectivity index (χ3v) is 3.39. The van der Waals surface area contributed by atoms with Gasteiger partial charge in [-0.3, -0.25) is 9.67 Å². The number of nitrogens with two attached hydrogens (primary N) is 1. The molecule has 2 N–H and O–H groups in total. The molecule has 3 rings (SSSR count). The Morgan fingerprint density at radius 2 is 1.81 bits per heavy atom. The maximum Gasteiger partial charge on any atom is 0.129 e. The van der Waals surface area contributed by atoms with Gasteiger partial charge in [-0.15, -0.1) is 0 Å². The van der Waals surface area contributed by atoms with Crippen LogP contribution in [0.3, 0.4) is 0 Å². The highest BCUT2D eigenvalue weighted by molar-refractivity contribution is 5.88. The van der Waals surface area contributed by atoms with Gasteiger partial charge in [-0.25, -0.2) is 4.39 Å². The molecule has 0 bridgehead atoms. The molecule has 4 nitrogen and oxygen atoms in total. The molecule has 5 heteroatoms. The third-order valence-electron chi connectivity index (χ3n) is 3.39. The van der Waals surface area contributed by atoms with Gasteiger partial charge in [0.15, 0.2) is 0 Å². The SMILES string of the molecule is Cc1cc(-c2nn(C)c(N)c2-c2ccc(F)cc2)ccn1. The van der Waals surface area contributed by atoms with Crippen LogP contribution in [-0.4, -0.2) is 14.8 Å². The van der Waals surface area contributed by atoms with Crippen LogP contribution in [-0.2, 0) is 7.05 Å². The van der Waals surface area contributed by atoms with E-state index < -0.39 is 0 Å². The number of benzene rings is 1. The maximum atomic E-state index is 13.1. The number of anilines is 1. The lowest BCUT2D eigenvalue weighted by Crippen LogP contribution is -1.97. The molecule has 1 aromatic carbocycles. The Balaban J connectivity index is 2.23. The zero-order chi connectivity index (χ0) is 15.0. The van der Waals surface area contributed by atoms with Gasteiger partial charge in [-0.2, -0.15) is 5.10 Å². The summed E-state index contributed by atoms with van der Waals surface area (Å²) in [4.78, 5) is 4.19. The van der Waals surface area contributed by atoms with E-state index in [1.807, 2.05) is 19.1 Å². The second-order valence-electron chi connectivity index (χ2n) is 4.93. The quantitative estimate of drug-likeness (QED) is 0.785. The molecule has 3 aromatic rings. The van der Waals surface area contributed by atoms with Gasteiger partial charge in [-0.1, -0.05) is 12.1 Å². The Labute approximate surface area is 122 Å². The number of nitrogen functional groups attached to an aromatic ring is 1. The zero-order valence-electron chi connectivity index (χ0n) is 11.8. The largest absolute Gasteiger partial charge is 0.383 e. The lowest BCUT2D eigenvalue weighted by Gasteiger charge is -2.05. The molecule has 2 heterocycles. The van der Waals surface area contributed by atoms with E-state index in [2.05, 4.69) is 10.1 Å². The zero-order valence-corrected chi connectivity index (χ0v) is 11.8. The van der Waals surface area contributed by atoms with Gasteiger partial charge in [0, 0.05) is 24.5 Å². The molecule has 0 unspecified atom stereocenters. The highest BCUT2D eigenvalue weighted by Crippen LogP contribution is 2.35. The summed E-state index contributed by atoms with van der Waals surface area (Å²) in [6.07, 6.45) is 1.74. The Hall–Kier alpha value is -2.69. The molecule has 106 valence electrons. The van der Waals surface area contributed by atoms with Crippen molar-refractivity contribution in [1.29, 1.82) is 0 Å². The second-order valence-corrected chi connectivity index (χ2v) is 4.93. The summed E-state index contributed by atoms with van der Waals surface area (Å²) in [7, 11) is 1.79. The number of rotatable bonds is 2. The number of hydrogen-bond donors (Lipinski definition) is 1. The first-order valence-corrected chi connectivity index (χ1v) is 6.57. The van der Waals surface area contributed by atoms with Gasteiger partial charge in [0.25, 0.3) is 0 Å². The number of aryl methyl sites for hydroxylation is 2. The van der Waals surface area contributed by atoms with E-state index in [9.17, 15) is 4.39 Å². The summed E-state index contributed by atoms with van der Waals surface area (Å²) < 4.78 is 14.8. The van der Waals surface area contributed by atoms with Crippen LogP contribution in [0, 0.1) is 12.7 Å². The van der Waals surface area contributed by atoms with Gasteiger partial charge in [-0.05, 0) is 36.8 Å². The summed E-state index contributed by atoms with van der Waals surface area (Å²) in [6.45, 7) is 1.92. The molecule has 0 aliphatic rings. The molecular weight excluding hydrogens is 267 g/mol. The van der Waals surface area contributed by atoms with Crippen molar-refractivity contribution in [3.63, 3.8) is 0 Å². The van der Waals surface area contributed by atoms with Gasteiger partial charge >= 0.3 is 0 Å². The predicted octanol–water partition coefficient (Wildman–Crippen LogP) is 3.18. The third kappa shape index (κ3) is 2.38. The number of halogens is 1. The minimum absolute atomic E-state index is 0.275. The molecule has 0 amide bonds. The lowest BCUT2D eigenvalue weighted by molar-refractivity contribution is 0.628. The van der Waals surface area contributed by atoms with E-state index >= 15 is 0 Å². The number of nitrogens with zero attached hydrogens (tertiary/aromatic N) is 3. The fourth-order valence-corrected chi connectivity index (χ4v) is 2.33. The topological polar surface area (TPSA) is 56.7 Å². The first-order chi connectivity index (χ1) is 10.1. The molecule has 0 radical (unpaired) electrons. The van der Waals surface area contributed by atoms with Crippen molar-refractivity contribution in [3.8, 4) is 22.4 Å². The number of aromatic nitrogens is 3. The Morgan fingerprint density at radius 3 is 2.48 bits per heavy atom. The smallest absolute Gasteiger partial charge is 0.129 e. The maximum absolute atomic E-state index is 13.1. The van der Waals surface area contributed by atoms with Crippen molar-refractivity contribution < 1.29 is 4.39 Å². The molecule has 0 fully saturated rings. The summed E-state index contributed by atoms with van der Waals surface area (Å²) >= 11 is 0. The van der Waals surface area contributed by atoms with Crippen LogP contribution >= 0.6 is 0 Å². The van der Waals surface area contributed by atoms with Crippen molar-refractivity contribution in [1.82, 2.24) is 14.8 Å². The molecule has 21 heavy (non-hydrogen) atoms. The van der Waals surface area contributed by atoms with E-state index in [0.29, 0.717) is 5.82 Å². The van der Waals surface area contributed by atoms with Gasteiger partial charge in [0.2, 0.25) is 0 Å². The standard InChI is InChI=1S/C16H15FN4/c1-10-9-12(7-8-19-10)15-14(16(18)21(2)20-15)11-3-5-13(17)6-4-11/h3-9H,18H2,1-2H3. The minimum atomic E-state index is -0.275. The van der Waals surface area contributed by atoms with Gasteiger partial charge < -0.3 is 5.73 Å². The second kappa shape index (κ2) is 5.01.